The highest BCUT2D eigenvalue weighted by Crippen LogP contribution is 2.33. The van der Waals surface area contributed by atoms with Crippen molar-refractivity contribution < 1.29 is 14.3 Å². The first-order valence-corrected chi connectivity index (χ1v) is 9.01. The average Bonchev–Trinajstić information content (AvgIpc) is 2.88. The van der Waals surface area contributed by atoms with Gasteiger partial charge in [-0.05, 0) is 49.4 Å². The molecule has 6 heteroatoms. The van der Waals surface area contributed by atoms with Gasteiger partial charge >= 0.3 is 0 Å². The van der Waals surface area contributed by atoms with Crippen molar-refractivity contribution in [3.63, 3.8) is 0 Å². The molecule has 2 amide bonds. The van der Waals surface area contributed by atoms with E-state index in [0.29, 0.717) is 10.7 Å². The van der Waals surface area contributed by atoms with E-state index < -0.39 is 0 Å². The number of methoxy groups -OCH3 is 1. The summed E-state index contributed by atoms with van der Waals surface area (Å²) in [6.07, 6.45) is 1.70. The number of imide groups is 1. The molecule has 0 unspecified atom stereocenters. The summed E-state index contributed by atoms with van der Waals surface area (Å²) in [4.78, 5) is 26.5. The number of carbonyl (C=O) groups excluding carboxylic acids is 2. The van der Waals surface area contributed by atoms with Gasteiger partial charge in [0.15, 0.2) is 0 Å². The molecule has 3 rings (SSSR count). The number of ether oxygens (including phenoxy) is 1. The molecule has 1 N–H and O–H groups in total. The molecular formula is C20H20N2O3S. The normalized spacial score (nSPS) is 15.7. The minimum Gasteiger partial charge on any atom is -0.496 e. The number of anilines is 1. The van der Waals surface area contributed by atoms with Crippen LogP contribution in [0.25, 0.3) is 6.08 Å². The fourth-order valence-electron chi connectivity index (χ4n) is 2.74. The zero-order valence-electron chi connectivity index (χ0n) is 14.9. The molecule has 0 saturated carbocycles. The van der Waals surface area contributed by atoms with E-state index >= 15 is 0 Å². The molecule has 26 heavy (non-hydrogen) atoms. The second-order valence-corrected chi connectivity index (χ2v) is 7.00. The Morgan fingerprint density at radius 1 is 1.15 bits per heavy atom. The Morgan fingerprint density at radius 2 is 1.92 bits per heavy atom. The topological polar surface area (TPSA) is 58.6 Å². The van der Waals surface area contributed by atoms with Crippen LogP contribution in [-0.4, -0.2) is 29.8 Å². The molecule has 1 saturated heterocycles. The van der Waals surface area contributed by atoms with Gasteiger partial charge in [-0.25, -0.2) is 0 Å². The van der Waals surface area contributed by atoms with E-state index in [4.69, 9.17) is 4.74 Å². The number of amides is 2. The predicted octanol–water partition coefficient (Wildman–Crippen LogP) is 4.42. The van der Waals surface area contributed by atoms with Gasteiger partial charge in [0.05, 0.1) is 18.7 Å². The van der Waals surface area contributed by atoms with Crippen LogP contribution >= 0.6 is 11.8 Å². The summed E-state index contributed by atoms with van der Waals surface area (Å²) in [6, 6.07) is 13.4. The third kappa shape index (κ3) is 3.75. The molecule has 0 atom stereocenters. The first-order chi connectivity index (χ1) is 12.5. The maximum atomic E-state index is 12.6. The maximum absolute atomic E-state index is 12.6. The summed E-state index contributed by atoms with van der Waals surface area (Å²) >= 11 is 0.941. The monoisotopic (exact) mass is 368 g/mol. The fraction of sp³-hybridized carbons (Fsp3) is 0.200. The Bertz CT molecular complexity index is 892. The molecule has 1 fully saturated rings. The van der Waals surface area contributed by atoms with E-state index in [9.17, 15) is 9.59 Å². The summed E-state index contributed by atoms with van der Waals surface area (Å²) in [5, 5.41) is 2.89. The van der Waals surface area contributed by atoms with E-state index in [1.807, 2.05) is 50.2 Å². The number of thioether (sulfide) groups is 1. The van der Waals surface area contributed by atoms with E-state index in [1.54, 1.807) is 13.2 Å². The Kier molecular flexibility index (Phi) is 5.32. The van der Waals surface area contributed by atoms with Crippen LogP contribution in [0.15, 0.2) is 47.4 Å². The second-order valence-electron chi connectivity index (χ2n) is 6.00. The molecule has 2 aromatic rings. The summed E-state index contributed by atoms with van der Waals surface area (Å²) in [5.41, 5.74) is 3.91. The van der Waals surface area contributed by atoms with Crippen molar-refractivity contribution in [3.8, 4) is 5.75 Å². The highest BCUT2D eigenvalue weighted by Gasteiger charge is 2.35. The van der Waals surface area contributed by atoms with Crippen LogP contribution in [0.4, 0.5) is 10.5 Å². The Labute approximate surface area is 157 Å². The fourth-order valence-corrected chi connectivity index (χ4v) is 3.57. The number of para-hydroxylation sites is 1. The van der Waals surface area contributed by atoms with Crippen LogP contribution in [-0.2, 0) is 4.79 Å². The third-order valence-corrected chi connectivity index (χ3v) is 5.02. The van der Waals surface area contributed by atoms with Crippen molar-refractivity contribution in [2.24, 2.45) is 0 Å². The van der Waals surface area contributed by atoms with Gasteiger partial charge in [-0.3, -0.25) is 14.5 Å². The van der Waals surface area contributed by atoms with E-state index in [1.165, 1.54) is 10.5 Å². The number of nitrogens with one attached hydrogen (secondary N) is 1. The zero-order valence-corrected chi connectivity index (χ0v) is 15.7. The molecule has 0 bridgehead atoms. The largest absolute Gasteiger partial charge is 0.496 e. The summed E-state index contributed by atoms with van der Waals surface area (Å²) in [7, 11) is 1.58. The number of hydrogen-bond acceptors (Lipinski definition) is 5. The zero-order chi connectivity index (χ0) is 18.7. The summed E-state index contributed by atoms with van der Waals surface area (Å²) in [6.45, 7) is 4.15. The number of aryl methyl sites for hydroxylation is 2. The van der Waals surface area contributed by atoms with Crippen LogP contribution in [0.2, 0.25) is 0 Å². The van der Waals surface area contributed by atoms with Crippen molar-refractivity contribution in [3.05, 3.63) is 64.1 Å². The van der Waals surface area contributed by atoms with Gasteiger partial charge in [0.1, 0.15) is 5.75 Å². The predicted molar refractivity (Wildman–Crippen MR) is 105 cm³/mol. The van der Waals surface area contributed by atoms with E-state index in [0.717, 1.165) is 28.6 Å². The molecule has 5 nitrogen and oxygen atoms in total. The smallest absolute Gasteiger partial charge is 0.295 e. The number of hydrogen-bond donors (Lipinski definition) is 1. The van der Waals surface area contributed by atoms with Crippen LogP contribution in [0.1, 0.15) is 16.7 Å². The minimum atomic E-state index is -0.303. The summed E-state index contributed by atoms with van der Waals surface area (Å²) < 4.78 is 5.30. The van der Waals surface area contributed by atoms with Crippen molar-refractivity contribution in [2.45, 2.75) is 13.8 Å². The van der Waals surface area contributed by atoms with Crippen molar-refractivity contribution in [2.75, 3.05) is 19.1 Å². The van der Waals surface area contributed by atoms with E-state index in [2.05, 4.69) is 11.4 Å². The highest BCUT2D eigenvalue weighted by atomic mass is 32.2. The van der Waals surface area contributed by atoms with Crippen LogP contribution in [0, 0.1) is 13.8 Å². The number of benzene rings is 2. The lowest BCUT2D eigenvalue weighted by Crippen LogP contribution is -2.33. The molecule has 134 valence electrons. The van der Waals surface area contributed by atoms with Gasteiger partial charge in [-0.15, -0.1) is 0 Å². The number of carbonyl (C=O) groups is 2. The molecular weight excluding hydrogens is 348 g/mol. The maximum Gasteiger partial charge on any atom is 0.295 e. The van der Waals surface area contributed by atoms with E-state index in [-0.39, 0.29) is 17.8 Å². The molecule has 1 aliphatic rings. The van der Waals surface area contributed by atoms with Gasteiger partial charge < -0.3 is 10.1 Å². The quantitative estimate of drug-likeness (QED) is 0.792. The van der Waals surface area contributed by atoms with Crippen molar-refractivity contribution >= 4 is 34.7 Å². The number of rotatable bonds is 5. The molecule has 0 aliphatic carbocycles. The SMILES string of the molecule is COc1ccccc1/C=C1\SC(=O)N(CNc2ccc(C)cc2C)C1=O. The molecule has 1 heterocycles. The van der Waals surface area contributed by atoms with Crippen molar-refractivity contribution in [1.82, 2.24) is 4.90 Å². The lowest BCUT2D eigenvalue weighted by molar-refractivity contribution is -0.122. The van der Waals surface area contributed by atoms with Crippen LogP contribution < -0.4 is 10.1 Å². The lowest BCUT2D eigenvalue weighted by atomic mass is 10.1. The van der Waals surface area contributed by atoms with Gasteiger partial charge in [0.2, 0.25) is 0 Å². The van der Waals surface area contributed by atoms with Crippen molar-refractivity contribution in [1.29, 1.82) is 0 Å². The van der Waals surface area contributed by atoms with Gasteiger partial charge in [-0.1, -0.05) is 35.9 Å². The first-order valence-electron chi connectivity index (χ1n) is 8.19. The standard InChI is InChI=1S/C20H20N2O3S/c1-13-8-9-16(14(2)10-13)21-12-22-19(23)18(26-20(22)24)11-15-6-4-5-7-17(15)25-3/h4-11,21H,12H2,1-3H3/b18-11-. The molecule has 0 radical (unpaired) electrons. The Balaban J connectivity index is 1.75. The second kappa shape index (κ2) is 7.66. The Hall–Kier alpha value is -2.73. The third-order valence-electron chi connectivity index (χ3n) is 4.11. The molecule has 0 spiro atoms. The van der Waals surface area contributed by atoms with Gasteiger partial charge in [0, 0.05) is 11.3 Å². The first kappa shape index (κ1) is 18.1. The highest BCUT2D eigenvalue weighted by molar-refractivity contribution is 8.18. The lowest BCUT2D eigenvalue weighted by Gasteiger charge is -2.16. The van der Waals surface area contributed by atoms with Crippen LogP contribution in [0.3, 0.4) is 0 Å². The summed E-state index contributed by atoms with van der Waals surface area (Å²) in [5.74, 6) is 0.357. The van der Waals surface area contributed by atoms with Crippen LogP contribution in [0.5, 0.6) is 5.75 Å². The number of nitrogens with zero attached hydrogens (tertiary/aromatic N) is 1. The molecule has 1 aliphatic heterocycles. The van der Waals surface area contributed by atoms with Gasteiger partial charge in [-0.2, -0.15) is 0 Å². The minimum absolute atomic E-state index is 0.137. The van der Waals surface area contributed by atoms with Gasteiger partial charge in [0.25, 0.3) is 11.1 Å². The molecule has 0 aromatic heterocycles. The Morgan fingerprint density at radius 3 is 2.65 bits per heavy atom. The average molecular weight is 368 g/mol. The molecule has 2 aromatic carbocycles.